The Hall–Kier alpha value is -1.70. The summed E-state index contributed by atoms with van der Waals surface area (Å²) in [5.74, 6) is -1.77. The number of nitrogens with one attached hydrogen (secondary N) is 1. The Balaban J connectivity index is 2.42. The normalized spacial score (nSPS) is 19.6. The first-order valence-electron chi connectivity index (χ1n) is 7.81. The Morgan fingerprint density at radius 1 is 1.29 bits per heavy atom. The highest BCUT2D eigenvalue weighted by Gasteiger charge is 2.52. The van der Waals surface area contributed by atoms with Crippen molar-refractivity contribution in [1.82, 2.24) is 5.32 Å². The highest BCUT2D eigenvalue weighted by Crippen LogP contribution is 2.38. The third-order valence-electron chi connectivity index (χ3n) is 4.52. The molecule has 0 spiro atoms. The summed E-state index contributed by atoms with van der Waals surface area (Å²) < 4.78 is 25.4. The molecule has 130 valence electrons. The van der Waals surface area contributed by atoms with Gasteiger partial charge in [0.1, 0.15) is 5.82 Å². The maximum atomic E-state index is 13.4. The van der Waals surface area contributed by atoms with E-state index >= 15 is 0 Å². The standard InChI is InChI=1S/C17H23BFNO4/c1-16(2)17(3,4)24-18(23-16)12(10-20-5)8-11-6-7-13(19)9-14(11)15(21)22/h6-9,20H,10H2,1-5H3,(H,21,22). The minimum Gasteiger partial charge on any atom is -0.478 e. The van der Waals surface area contributed by atoms with E-state index in [-0.39, 0.29) is 5.56 Å². The van der Waals surface area contributed by atoms with E-state index in [1.54, 1.807) is 13.1 Å². The molecular weight excluding hydrogens is 312 g/mol. The summed E-state index contributed by atoms with van der Waals surface area (Å²) in [5, 5.41) is 12.3. The summed E-state index contributed by atoms with van der Waals surface area (Å²) in [6.45, 7) is 8.25. The van der Waals surface area contributed by atoms with Crippen LogP contribution in [0.3, 0.4) is 0 Å². The number of carboxylic acid groups (broad SMARTS) is 1. The van der Waals surface area contributed by atoms with E-state index in [4.69, 9.17) is 9.31 Å². The summed E-state index contributed by atoms with van der Waals surface area (Å²) in [6, 6.07) is 3.69. The number of benzene rings is 1. The summed E-state index contributed by atoms with van der Waals surface area (Å²) in [6.07, 6.45) is 1.68. The van der Waals surface area contributed by atoms with Crippen LogP contribution >= 0.6 is 0 Å². The monoisotopic (exact) mass is 335 g/mol. The maximum Gasteiger partial charge on any atom is 0.491 e. The lowest BCUT2D eigenvalue weighted by atomic mass is 9.76. The molecule has 1 aliphatic heterocycles. The summed E-state index contributed by atoms with van der Waals surface area (Å²) in [4.78, 5) is 11.4. The summed E-state index contributed by atoms with van der Waals surface area (Å²) in [7, 11) is 1.18. The molecule has 0 aliphatic carbocycles. The molecule has 0 atom stereocenters. The average Bonchev–Trinajstić information content (AvgIpc) is 2.68. The van der Waals surface area contributed by atoms with Crippen LogP contribution in [0.15, 0.2) is 23.7 Å². The number of carbonyl (C=O) groups is 1. The molecule has 2 N–H and O–H groups in total. The van der Waals surface area contributed by atoms with Gasteiger partial charge in [-0.15, -0.1) is 0 Å². The molecule has 24 heavy (non-hydrogen) atoms. The zero-order chi connectivity index (χ0) is 18.1. The van der Waals surface area contributed by atoms with Crippen LogP contribution in [0.4, 0.5) is 4.39 Å². The number of likely N-dealkylation sites (N-methyl/N-ethyl adjacent to an activating group) is 1. The third kappa shape index (κ3) is 3.69. The number of aromatic carboxylic acids is 1. The molecule has 7 heteroatoms. The Labute approximate surface area is 142 Å². The van der Waals surface area contributed by atoms with E-state index in [0.29, 0.717) is 12.1 Å². The predicted octanol–water partition coefficient (Wildman–Crippen LogP) is 2.76. The molecule has 0 saturated carbocycles. The zero-order valence-electron chi connectivity index (χ0n) is 14.6. The molecule has 1 saturated heterocycles. The van der Waals surface area contributed by atoms with Crippen molar-refractivity contribution in [3.8, 4) is 0 Å². The van der Waals surface area contributed by atoms with E-state index in [0.717, 1.165) is 11.5 Å². The smallest absolute Gasteiger partial charge is 0.478 e. The second-order valence-electron chi connectivity index (χ2n) is 6.87. The Morgan fingerprint density at radius 2 is 1.88 bits per heavy atom. The van der Waals surface area contributed by atoms with Crippen molar-refractivity contribution >= 4 is 19.2 Å². The highest BCUT2D eigenvalue weighted by molar-refractivity contribution is 6.56. The molecule has 1 fully saturated rings. The molecule has 0 aromatic heterocycles. The van der Waals surface area contributed by atoms with Crippen molar-refractivity contribution in [2.75, 3.05) is 13.6 Å². The van der Waals surface area contributed by atoms with Gasteiger partial charge in [-0.2, -0.15) is 0 Å². The van der Waals surface area contributed by atoms with Crippen LogP contribution in [0.5, 0.6) is 0 Å². The van der Waals surface area contributed by atoms with Crippen LogP contribution in [0.1, 0.15) is 43.6 Å². The molecule has 1 aliphatic rings. The summed E-state index contributed by atoms with van der Waals surface area (Å²) >= 11 is 0. The molecule has 1 aromatic rings. The number of hydrogen-bond donors (Lipinski definition) is 2. The first kappa shape index (κ1) is 18.6. The van der Waals surface area contributed by atoms with Crippen LogP contribution in [-0.4, -0.2) is 43.0 Å². The molecule has 0 radical (unpaired) electrons. The fourth-order valence-electron chi connectivity index (χ4n) is 2.44. The Morgan fingerprint density at radius 3 is 2.38 bits per heavy atom. The second-order valence-corrected chi connectivity index (χ2v) is 6.87. The van der Waals surface area contributed by atoms with Gasteiger partial charge in [0.15, 0.2) is 0 Å². The quantitative estimate of drug-likeness (QED) is 0.810. The maximum absolute atomic E-state index is 13.4. The van der Waals surface area contributed by atoms with Crippen LogP contribution in [-0.2, 0) is 9.31 Å². The molecule has 0 unspecified atom stereocenters. The van der Waals surface area contributed by atoms with Crippen LogP contribution in [0, 0.1) is 5.82 Å². The van der Waals surface area contributed by atoms with E-state index in [2.05, 4.69) is 5.32 Å². The van der Waals surface area contributed by atoms with E-state index in [1.165, 1.54) is 12.1 Å². The van der Waals surface area contributed by atoms with Gasteiger partial charge in [-0.05, 0) is 57.9 Å². The Bertz CT molecular complexity index is 657. The molecular formula is C17H23BFNO4. The minimum absolute atomic E-state index is 0.0971. The fraction of sp³-hybridized carbons (Fsp3) is 0.471. The van der Waals surface area contributed by atoms with Crippen LogP contribution < -0.4 is 5.32 Å². The third-order valence-corrected chi connectivity index (χ3v) is 4.52. The Kier molecular flexibility index (Phi) is 5.18. The van der Waals surface area contributed by atoms with Gasteiger partial charge < -0.3 is 19.7 Å². The predicted molar refractivity (Wildman–Crippen MR) is 91.3 cm³/mol. The molecule has 2 rings (SSSR count). The van der Waals surface area contributed by atoms with Crippen molar-refractivity contribution in [2.45, 2.75) is 38.9 Å². The number of rotatable bonds is 5. The molecule has 0 amide bonds. The highest BCUT2D eigenvalue weighted by atomic mass is 19.1. The topological polar surface area (TPSA) is 67.8 Å². The van der Waals surface area contributed by atoms with Crippen molar-refractivity contribution in [3.05, 3.63) is 40.6 Å². The van der Waals surface area contributed by atoms with E-state index < -0.39 is 30.1 Å². The molecule has 1 aromatic carbocycles. The van der Waals surface area contributed by atoms with Gasteiger partial charge in [0.05, 0.1) is 16.8 Å². The fourth-order valence-corrected chi connectivity index (χ4v) is 2.44. The van der Waals surface area contributed by atoms with Gasteiger partial charge in [0, 0.05) is 6.54 Å². The van der Waals surface area contributed by atoms with Crippen LogP contribution in [0.2, 0.25) is 0 Å². The van der Waals surface area contributed by atoms with Gasteiger partial charge >= 0.3 is 13.1 Å². The van der Waals surface area contributed by atoms with Gasteiger partial charge in [0.25, 0.3) is 0 Å². The molecule has 1 heterocycles. The van der Waals surface area contributed by atoms with Crippen LogP contribution in [0.25, 0.3) is 6.08 Å². The lowest BCUT2D eigenvalue weighted by Crippen LogP contribution is -2.41. The first-order valence-corrected chi connectivity index (χ1v) is 7.81. The number of carboxylic acids is 1. The number of hydrogen-bond acceptors (Lipinski definition) is 4. The van der Waals surface area contributed by atoms with Crippen molar-refractivity contribution in [1.29, 1.82) is 0 Å². The largest absolute Gasteiger partial charge is 0.491 e. The molecule has 0 bridgehead atoms. The minimum atomic E-state index is -1.18. The average molecular weight is 335 g/mol. The lowest BCUT2D eigenvalue weighted by molar-refractivity contribution is 0.00578. The van der Waals surface area contributed by atoms with Crippen molar-refractivity contribution < 1.29 is 23.6 Å². The van der Waals surface area contributed by atoms with Gasteiger partial charge in [-0.3, -0.25) is 0 Å². The first-order chi connectivity index (χ1) is 11.1. The SMILES string of the molecule is CNCC(=Cc1ccc(F)cc1C(=O)O)B1OC(C)(C)C(C)(C)O1. The van der Waals surface area contributed by atoms with Gasteiger partial charge in [-0.1, -0.05) is 12.1 Å². The van der Waals surface area contributed by atoms with Crippen molar-refractivity contribution in [2.24, 2.45) is 0 Å². The van der Waals surface area contributed by atoms with Gasteiger partial charge in [-0.25, -0.2) is 9.18 Å². The van der Waals surface area contributed by atoms with E-state index in [9.17, 15) is 14.3 Å². The zero-order valence-corrected chi connectivity index (χ0v) is 14.6. The second kappa shape index (κ2) is 6.66. The lowest BCUT2D eigenvalue weighted by Gasteiger charge is -2.32. The van der Waals surface area contributed by atoms with Gasteiger partial charge in [0.2, 0.25) is 0 Å². The number of halogens is 1. The van der Waals surface area contributed by atoms with E-state index in [1.807, 2.05) is 27.7 Å². The summed E-state index contributed by atoms with van der Waals surface area (Å²) in [5.41, 5.74) is 0.0560. The van der Waals surface area contributed by atoms with Crippen molar-refractivity contribution in [3.63, 3.8) is 0 Å². The molecule has 5 nitrogen and oxygen atoms in total.